The molecule has 0 spiro atoms. The van der Waals surface area contributed by atoms with Crippen molar-refractivity contribution in [2.24, 2.45) is 5.92 Å². The molecule has 2 aromatic carbocycles. The summed E-state index contributed by atoms with van der Waals surface area (Å²) in [5, 5.41) is 17.1. The summed E-state index contributed by atoms with van der Waals surface area (Å²) in [6, 6.07) is 9.36. The van der Waals surface area contributed by atoms with E-state index in [1.807, 2.05) is 12.1 Å². The number of nitrogens with one attached hydrogen (secondary N) is 2. The SMILES string of the molecule is COc1cc(NCc2cccc(NC(=O)C3CCCC3)c2)c([N+](=O)[O-])cc1F. The molecule has 1 aliphatic rings. The summed E-state index contributed by atoms with van der Waals surface area (Å²) < 4.78 is 18.7. The standard InChI is InChI=1S/C20H22FN3O4/c1-28-19-11-17(18(24(26)27)10-16(19)21)22-12-13-5-4-8-15(9-13)23-20(25)14-6-2-3-7-14/h4-5,8-11,14,22H,2-3,6-7,12H2,1H3,(H,23,25). The summed E-state index contributed by atoms with van der Waals surface area (Å²) in [5.74, 6) is -0.778. The highest BCUT2D eigenvalue weighted by Crippen LogP contribution is 2.32. The van der Waals surface area contributed by atoms with Crippen molar-refractivity contribution in [1.29, 1.82) is 0 Å². The molecule has 2 aromatic rings. The zero-order valence-electron chi connectivity index (χ0n) is 15.5. The van der Waals surface area contributed by atoms with E-state index in [0.29, 0.717) is 5.69 Å². The van der Waals surface area contributed by atoms with Crippen LogP contribution in [0.1, 0.15) is 31.2 Å². The van der Waals surface area contributed by atoms with Crippen molar-refractivity contribution >= 4 is 23.0 Å². The summed E-state index contributed by atoms with van der Waals surface area (Å²) in [4.78, 5) is 22.8. The Kier molecular flexibility index (Phi) is 6.08. The van der Waals surface area contributed by atoms with Crippen molar-refractivity contribution in [3.8, 4) is 5.75 Å². The molecular weight excluding hydrogens is 365 g/mol. The van der Waals surface area contributed by atoms with Crippen molar-refractivity contribution in [2.45, 2.75) is 32.2 Å². The molecule has 148 valence electrons. The Morgan fingerprint density at radius 3 is 2.71 bits per heavy atom. The van der Waals surface area contributed by atoms with Gasteiger partial charge in [-0.05, 0) is 30.5 Å². The van der Waals surface area contributed by atoms with E-state index in [-0.39, 0.29) is 35.5 Å². The number of ether oxygens (including phenoxy) is 1. The first-order valence-electron chi connectivity index (χ1n) is 9.13. The molecule has 0 heterocycles. The van der Waals surface area contributed by atoms with Crippen molar-refractivity contribution in [3.63, 3.8) is 0 Å². The van der Waals surface area contributed by atoms with E-state index < -0.39 is 10.7 Å². The van der Waals surface area contributed by atoms with Crippen LogP contribution in [0.3, 0.4) is 0 Å². The lowest BCUT2D eigenvalue weighted by Crippen LogP contribution is -2.20. The third-order valence-corrected chi connectivity index (χ3v) is 4.87. The van der Waals surface area contributed by atoms with Crippen LogP contribution in [0.15, 0.2) is 36.4 Å². The van der Waals surface area contributed by atoms with Gasteiger partial charge in [0, 0.05) is 24.2 Å². The van der Waals surface area contributed by atoms with Gasteiger partial charge in [0.15, 0.2) is 11.6 Å². The van der Waals surface area contributed by atoms with E-state index in [9.17, 15) is 19.3 Å². The van der Waals surface area contributed by atoms with Gasteiger partial charge in [-0.3, -0.25) is 14.9 Å². The van der Waals surface area contributed by atoms with Gasteiger partial charge in [-0.2, -0.15) is 0 Å². The van der Waals surface area contributed by atoms with Crippen LogP contribution in [-0.2, 0) is 11.3 Å². The number of carbonyl (C=O) groups excluding carboxylic acids is 1. The van der Waals surface area contributed by atoms with Gasteiger partial charge in [0.2, 0.25) is 5.91 Å². The van der Waals surface area contributed by atoms with E-state index in [2.05, 4.69) is 10.6 Å². The maximum atomic E-state index is 13.8. The highest BCUT2D eigenvalue weighted by Gasteiger charge is 2.22. The Bertz CT molecular complexity index is 882. The first-order chi connectivity index (χ1) is 13.5. The number of benzene rings is 2. The van der Waals surface area contributed by atoms with Gasteiger partial charge in [0.05, 0.1) is 18.1 Å². The van der Waals surface area contributed by atoms with Crippen LogP contribution >= 0.6 is 0 Å². The van der Waals surface area contributed by atoms with Crippen LogP contribution < -0.4 is 15.4 Å². The summed E-state index contributed by atoms with van der Waals surface area (Å²) in [6.07, 6.45) is 4.01. The number of hydrogen-bond acceptors (Lipinski definition) is 5. The number of amides is 1. The molecule has 0 bridgehead atoms. The monoisotopic (exact) mass is 387 g/mol. The molecule has 2 N–H and O–H groups in total. The fourth-order valence-corrected chi connectivity index (χ4v) is 3.38. The number of halogens is 1. The van der Waals surface area contributed by atoms with Gasteiger partial charge in [0.25, 0.3) is 5.69 Å². The van der Waals surface area contributed by atoms with E-state index >= 15 is 0 Å². The van der Waals surface area contributed by atoms with E-state index in [4.69, 9.17) is 4.74 Å². The highest BCUT2D eigenvalue weighted by molar-refractivity contribution is 5.92. The first-order valence-corrected chi connectivity index (χ1v) is 9.13. The zero-order valence-corrected chi connectivity index (χ0v) is 15.5. The average Bonchev–Trinajstić information content (AvgIpc) is 3.22. The van der Waals surface area contributed by atoms with Crippen LogP contribution in [0.4, 0.5) is 21.5 Å². The van der Waals surface area contributed by atoms with Gasteiger partial charge in [0.1, 0.15) is 5.69 Å². The van der Waals surface area contributed by atoms with Crippen molar-refractivity contribution < 1.29 is 18.8 Å². The number of anilines is 2. The fourth-order valence-electron chi connectivity index (χ4n) is 3.38. The second kappa shape index (κ2) is 8.69. The van der Waals surface area contributed by atoms with Gasteiger partial charge < -0.3 is 15.4 Å². The molecule has 0 atom stereocenters. The lowest BCUT2D eigenvalue weighted by molar-refractivity contribution is -0.384. The van der Waals surface area contributed by atoms with E-state index in [1.165, 1.54) is 13.2 Å². The predicted octanol–water partition coefficient (Wildman–Crippen LogP) is 4.48. The average molecular weight is 387 g/mol. The Hall–Kier alpha value is -3.16. The molecule has 0 radical (unpaired) electrons. The largest absolute Gasteiger partial charge is 0.494 e. The molecular formula is C20H22FN3O4. The van der Waals surface area contributed by atoms with Crippen LogP contribution in [0.2, 0.25) is 0 Å². The van der Waals surface area contributed by atoms with E-state index in [1.54, 1.807) is 12.1 Å². The number of carbonyl (C=O) groups is 1. The molecule has 1 aliphatic carbocycles. The third-order valence-electron chi connectivity index (χ3n) is 4.87. The number of hydrogen-bond donors (Lipinski definition) is 2. The molecule has 0 unspecified atom stereocenters. The summed E-state index contributed by atoms with van der Waals surface area (Å²) in [6.45, 7) is 0.267. The minimum Gasteiger partial charge on any atom is -0.494 e. The number of nitro benzene ring substituents is 1. The molecule has 1 saturated carbocycles. The molecule has 0 aromatic heterocycles. The zero-order chi connectivity index (χ0) is 20.1. The molecule has 8 heteroatoms. The summed E-state index contributed by atoms with van der Waals surface area (Å²) >= 11 is 0. The summed E-state index contributed by atoms with van der Waals surface area (Å²) in [7, 11) is 1.30. The van der Waals surface area contributed by atoms with Gasteiger partial charge >= 0.3 is 0 Å². The normalized spacial score (nSPS) is 13.9. The van der Waals surface area contributed by atoms with Gasteiger partial charge in [-0.1, -0.05) is 25.0 Å². The molecule has 1 fully saturated rings. The molecule has 0 saturated heterocycles. The Morgan fingerprint density at radius 2 is 2.04 bits per heavy atom. The number of methoxy groups -OCH3 is 1. The molecule has 7 nitrogen and oxygen atoms in total. The molecule has 0 aliphatic heterocycles. The second-order valence-corrected chi connectivity index (χ2v) is 6.79. The van der Waals surface area contributed by atoms with Gasteiger partial charge in [-0.15, -0.1) is 0 Å². The maximum absolute atomic E-state index is 13.8. The predicted molar refractivity (Wildman–Crippen MR) is 104 cm³/mol. The Labute approximate surface area is 162 Å². The minimum atomic E-state index is -0.795. The van der Waals surface area contributed by atoms with Gasteiger partial charge in [-0.25, -0.2) is 4.39 Å². The lowest BCUT2D eigenvalue weighted by atomic mass is 10.1. The van der Waals surface area contributed by atoms with Crippen LogP contribution in [0.25, 0.3) is 0 Å². The number of nitro groups is 1. The first kappa shape index (κ1) is 19.6. The lowest BCUT2D eigenvalue weighted by Gasteiger charge is -2.13. The summed E-state index contributed by atoms with van der Waals surface area (Å²) in [5.41, 5.74) is 1.29. The van der Waals surface area contributed by atoms with Crippen LogP contribution in [-0.4, -0.2) is 17.9 Å². The minimum absolute atomic E-state index is 0.0292. The number of nitrogens with zero attached hydrogens (tertiary/aromatic N) is 1. The Morgan fingerprint density at radius 1 is 1.29 bits per heavy atom. The van der Waals surface area contributed by atoms with Crippen molar-refractivity contribution in [1.82, 2.24) is 0 Å². The maximum Gasteiger partial charge on any atom is 0.295 e. The fraction of sp³-hybridized carbons (Fsp3) is 0.350. The van der Waals surface area contributed by atoms with Crippen LogP contribution in [0.5, 0.6) is 5.75 Å². The third kappa shape index (κ3) is 4.57. The van der Waals surface area contributed by atoms with Crippen molar-refractivity contribution in [2.75, 3.05) is 17.7 Å². The molecule has 28 heavy (non-hydrogen) atoms. The molecule has 3 rings (SSSR count). The highest BCUT2D eigenvalue weighted by atomic mass is 19.1. The second-order valence-electron chi connectivity index (χ2n) is 6.79. The van der Waals surface area contributed by atoms with Crippen molar-refractivity contribution in [3.05, 3.63) is 57.9 Å². The Balaban J connectivity index is 1.71. The quantitative estimate of drug-likeness (QED) is 0.540. The topological polar surface area (TPSA) is 93.5 Å². The smallest absolute Gasteiger partial charge is 0.295 e. The molecule has 1 amide bonds. The van der Waals surface area contributed by atoms with Crippen LogP contribution in [0, 0.1) is 21.8 Å². The number of rotatable bonds is 7. The van der Waals surface area contributed by atoms with E-state index in [0.717, 1.165) is 37.3 Å².